The summed E-state index contributed by atoms with van der Waals surface area (Å²) >= 11 is 0. The molecule has 15 heavy (non-hydrogen) atoms. The molecule has 0 spiro atoms. The molecular weight excluding hydrogens is 193 g/mol. The number of nitrogens with zero attached hydrogens (tertiary/aromatic N) is 1. The third-order valence-electron chi connectivity index (χ3n) is 2.37. The van der Waals surface area contributed by atoms with Gasteiger partial charge in [-0.3, -0.25) is 4.79 Å². The Labute approximate surface area is 89.7 Å². The number of anilines is 1. The first kappa shape index (κ1) is 11.7. The Kier molecular flexibility index (Phi) is 3.83. The number of hydrogen-bond acceptors (Lipinski definition) is 2. The van der Waals surface area contributed by atoms with Crippen LogP contribution in [0.3, 0.4) is 0 Å². The normalized spacial score (nSPS) is 10.1. The lowest BCUT2D eigenvalue weighted by atomic mass is 10.1. The number of carbonyl (C=O) groups excluding carboxylic acids is 1. The van der Waals surface area contributed by atoms with Crippen LogP contribution < -0.4 is 4.90 Å². The molecule has 0 aliphatic rings. The zero-order valence-corrected chi connectivity index (χ0v) is 9.38. The molecule has 0 N–H and O–H groups in total. The first-order valence-corrected chi connectivity index (χ1v) is 4.97. The monoisotopic (exact) mass is 209 g/mol. The van der Waals surface area contributed by atoms with Gasteiger partial charge in [0.05, 0.1) is 0 Å². The molecule has 0 aromatic heterocycles. The van der Waals surface area contributed by atoms with Gasteiger partial charge in [-0.05, 0) is 37.6 Å². The minimum Gasteiger partial charge on any atom is -0.374 e. The molecule has 1 aromatic carbocycles. The van der Waals surface area contributed by atoms with E-state index in [1.165, 1.54) is 12.1 Å². The summed E-state index contributed by atoms with van der Waals surface area (Å²) in [7, 11) is 1.91. The molecule has 2 nitrogen and oxygen atoms in total. The van der Waals surface area contributed by atoms with Crippen molar-refractivity contribution in [1.29, 1.82) is 0 Å². The van der Waals surface area contributed by atoms with Crippen LogP contribution >= 0.6 is 0 Å². The quantitative estimate of drug-likeness (QED) is 0.759. The number of carbonyl (C=O) groups is 1. The van der Waals surface area contributed by atoms with Gasteiger partial charge in [0.1, 0.15) is 11.6 Å². The van der Waals surface area contributed by atoms with Crippen LogP contribution in [0.2, 0.25) is 0 Å². The van der Waals surface area contributed by atoms with Crippen molar-refractivity contribution in [2.75, 3.05) is 18.5 Å². The number of halogens is 1. The highest BCUT2D eigenvalue weighted by molar-refractivity contribution is 5.76. The molecule has 0 unspecified atom stereocenters. The number of hydrogen-bond donors (Lipinski definition) is 0. The number of benzene rings is 1. The number of aryl methyl sites for hydroxylation is 1. The Balaban J connectivity index is 2.73. The smallest absolute Gasteiger partial charge is 0.131 e. The molecule has 1 aromatic rings. The van der Waals surface area contributed by atoms with Crippen molar-refractivity contribution in [2.45, 2.75) is 20.3 Å². The zero-order valence-electron chi connectivity index (χ0n) is 9.38. The molecule has 0 saturated carbocycles. The van der Waals surface area contributed by atoms with Gasteiger partial charge >= 0.3 is 0 Å². The average Bonchev–Trinajstić information content (AvgIpc) is 2.14. The number of rotatable bonds is 4. The molecule has 82 valence electrons. The van der Waals surface area contributed by atoms with Gasteiger partial charge in [-0.1, -0.05) is 0 Å². The second kappa shape index (κ2) is 4.91. The predicted octanol–water partition coefficient (Wildman–Crippen LogP) is 2.55. The van der Waals surface area contributed by atoms with Crippen LogP contribution in [0.5, 0.6) is 0 Å². The molecule has 1 rings (SSSR count). The second-order valence-corrected chi connectivity index (χ2v) is 3.80. The highest BCUT2D eigenvalue weighted by atomic mass is 19.1. The van der Waals surface area contributed by atoms with Crippen LogP contribution in [0, 0.1) is 12.7 Å². The van der Waals surface area contributed by atoms with Gasteiger partial charge in [0.25, 0.3) is 0 Å². The molecule has 0 amide bonds. The first-order chi connectivity index (χ1) is 7.00. The van der Waals surface area contributed by atoms with Gasteiger partial charge in [-0.15, -0.1) is 0 Å². The molecule has 3 heteroatoms. The Bertz CT molecular complexity index is 363. The summed E-state index contributed by atoms with van der Waals surface area (Å²) < 4.78 is 12.9. The molecule has 0 bridgehead atoms. The lowest BCUT2D eigenvalue weighted by Crippen LogP contribution is -2.21. The Morgan fingerprint density at radius 2 is 2.13 bits per heavy atom. The van der Waals surface area contributed by atoms with Gasteiger partial charge in [0.2, 0.25) is 0 Å². The standard InChI is InChI=1S/C12H16FNO/c1-9-8-11(13)4-5-12(9)14(3)7-6-10(2)15/h4-5,8H,6-7H2,1-3H3. The van der Waals surface area contributed by atoms with Gasteiger partial charge in [0, 0.05) is 25.7 Å². The van der Waals surface area contributed by atoms with Crippen molar-refractivity contribution in [3.05, 3.63) is 29.6 Å². The van der Waals surface area contributed by atoms with Crippen LogP contribution in [-0.2, 0) is 4.79 Å². The van der Waals surface area contributed by atoms with Crippen molar-refractivity contribution in [3.8, 4) is 0 Å². The van der Waals surface area contributed by atoms with Crippen molar-refractivity contribution < 1.29 is 9.18 Å². The summed E-state index contributed by atoms with van der Waals surface area (Å²) in [5, 5.41) is 0. The second-order valence-electron chi connectivity index (χ2n) is 3.80. The molecule has 0 atom stereocenters. The maximum Gasteiger partial charge on any atom is 0.131 e. The maximum absolute atomic E-state index is 12.9. The van der Waals surface area contributed by atoms with E-state index in [4.69, 9.17) is 0 Å². The van der Waals surface area contributed by atoms with Crippen LogP contribution in [0.1, 0.15) is 18.9 Å². The topological polar surface area (TPSA) is 20.3 Å². The zero-order chi connectivity index (χ0) is 11.4. The third kappa shape index (κ3) is 3.35. The van der Waals surface area contributed by atoms with E-state index >= 15 is 0 Å². The molecule has 0 radical (unpaired) electrons. The minimum atomic E-state index is -0.226. The van der Waals surface area contributed by atoms with E-state index in [2.05, 4.69) is 0 Å². The number of Topliss-reactive ketones (excluding diaryl/α,β-unsaturated/α-hetero) is 1. The van der Waals surface area contributed by atoms with E-state index in [1.807, 2.05) is 18.9 Å². The predicted molar refractivity (Wildman–Crippen MR) is 59.7 cm³/mol. The molecule has 0 aliphatic carbocycles. The van der Waals surface area contributed by atoms with Gasteiger partial charge < -0.3 is 4.90 Å². The first-order valence-electron chi connectivity index (χ1n) is 4.97. The van der Waals surface area contributed by atoms with Crippen molar-refractivity contribution in [2.24, 2.45) is 0 Å². The van der Waals surface area contributed by atoms with E-state index < -0.39 is 0 Å². The Hall–Kier alpha value is -1.38. The highest BCUT2D eigenvalue weighted by Crippen LogP contribution is 2.19. The van der Waals surface area contributed by atoms with Crippen molar-refractivity contribution >= 4 is 11.5 Å². The molecule has 0 aliphatic heterocycles. The SMILES string of the molecule is CC(=O)CCN(C)c1ccc(F)cc1C. The van der Waals surface area contributed by atoms with Crippen LogP contribution in [-0.4, -0.2) is 19.4 Å². The Morgan fingerprint density at radius 3 is 2.67 bits per heavy atom. The van der Waals surface area contributed by atoms with E-state index in [-0.39, 0.29) is 11.6 Å². The van der Waals surface area contributed by atoms with Crippen molar-refractivity contribution in [3.63, 3.8) is 0 Å². The van der Waals surface area contributed by atoms with E-state index in [0.717, 1.165) is 11.3 Å². The van der Waals surface area contributed by atoms with Crippen LogP contribution in [0.4, 0.5) is 10.1 Å². The average molecular weight is 209 g/mol. The summed E-state index contributed by atoms with van der Waals surface area (Å²) in [5.41, 5.74) is 1.86. The van der Waals surface area contributed by atoms with Crippen molar-refractivity contribution in [1.82, 2.24) is 0 Å². The molecule has 0 heterocycles. The summed E-state index contributed by atoms with van der Waals surface area (Å²) in [6, 6.07) is 4.68. The highest BCUT2D eigenvalue weighted by Gasteiger charge is 2.06. The fourth-order valence-electron chi connectivity index (χ4n) is 1.49. The van der Waals surface area contributed by atoms with E-state index in [9.17, 15) is 9.18 Å². The van der Waals surface area contributed by atoms with Crippen LogP contribution in [0.15, 0.2) is 18.2 Å². The molecule has 0 saturated heterocycles. The summed E-state index contributed by atoms with van der Waals surface area (Å²) in [4.78, 5) is 12.8. The number of ketones is 1. The minimum absolute atomic E-state index is 0.168. The summed E-state index contributed by atoms with van der Waals surface area (Å²) in [6.07, 6.45) is 0.521. The van der Waals surface area contributed by atoms with Crippen LogP contribution in [0.25, 0.3) is 0 Å². The maximum atomic E-state index is 12.9. The summed E-state index contributed by atoms with van der Waals surface area (Å²) in [6.45, 7) is 4.11. The van der Waals surface area contributed by atoms with Gasteiger partial charge in [0.15, 0.2) is 0 Å². The van der Waals surface area contributed by atoms with Gasteiger partial charge in [-0.25, -0.2) is 4.39 Å². The lowest BCUT2D eigenvalue weighted by molar-refractivity contribution is -0.116. The molecular formula is C12H16FNO. The van der Waals surface area contributed by atoms with Gasteiger partial charge in [-0.2, -0.15) is 0 Å². The fraction of sp³-hybridized carbons (Fsp3) is 0.417. The lowest BCUT2D eigenvalue weighted by Gasteiger charge is -2.20. The Morgan fingerprint density at radius 1 is 1.47 bits per heavy atom. The summed E-state index contributed by atoms with van der Waals surface area (Å²) in [5.74, 6) is -0.0576. The fourth-order valence-corrected chi connectivity index (χ4v) is 1.49. The largest absolute Gasteiger partial charge is 0.374 e. The van der Waals surface area contributed by atoms with E-state index in [1.54, 1.807) is 13.0 Å². The third-order valence-corrected chi connectivity index (χ3v) is 2.37. The molecule has 0 fully saturated rings. The van der Waals surface area contributed by atoms with E-state index in [0.29, 0.717) is 13.0 Å².